The van der Waals surface area contributed by atoms with E-state index in [1.807, 2.05) is 72.4 Å². The van der Waals surface area contributed by atoms with Gasteiger partial charge in [-0.05, 0) is 36.6 Å². The Balaban J connectivity index is 1.60. The van der Waals surface area contributed by atoms with Gasteiger partial charge in [0, 0.05) is 42.8 Å². The minimum absolute atomic E-state index is 0.0288. The summed E-state index contributed by atoms with van der Waals surface area (Å²) in [5.41, 5.74) is 1.59. The highest BCUT2D eigenvalue weighted by molar-refractivity contribution is 6.06. The van der Waals surface area contributed by atoms with Gasteiger partial charge in [-0.1, -0.05) is 36.4 Å². The topological polar surface area (TPSA) is 62.5 Å². The van der Waals surface area contributed by atoms with Gasteiger partial charge in [0.1, 0.15) is 0 Å². The molecule has 3 aromatic rings. The van der Waals surface area contributed by atoms with Gasteiger partial charge >= 0.3 is 5.97 Å². The molecular formula is C22H22N2O3. The van der Waals surface area contributed by atoms with Crippen molar-refractivity contribution in [1.82, 2.24) is 9.47 Å². The highest BCUT2D eigenvalue weighted by atomic mass is 16.4. The van der Waals surface area contributed by atoms with Gasteiger partial charge in [0.15, 0.2) is 0 Å². The van der Waals surface area contributed by atoms with Gasteiger partial charge < -0.3 is 14.6 Å². The van der Waals surface area contributed by atoms with Crippen molar-refractivity contribution in [3.8, 4) is 0 Å². The number of hydrogen-bond acceptors (Lipinski definition) is 2. The van der Waals surface area contributed by atoms with Crippen molar-refractivity contribution in [2.75, 3.05) is 13.1 Å². The number of carbonyl (C=O) groups is 2. The first-order valence-corrected chi connectivity index (χ1v) is 9.15. The third kappa shape index (κ3) is 2.79. The number of aryl methyl sites for hydroxylation is 1. The lowest BCUT2D eigenvalue weighted by Crippen LogP contribution is -2.49. The Bertz CT molecular complexity index is 999. The fourth-order valence-corrected chi connectivity index (χ4v) is 4.13. The van der Waals surface area contributed by atoms with Crippen LogP contribution in [-0.2, 0) is 17.3 Å². The number of benzene rings is 2. The molecule has 138 valence electrons. The number of carboxylic acid groups (broad SMARTS) is 1. The maximum atomic E-state index is 13.1. The summed E-state index contributed by atoms with van der Waals surface area (Å²) in [6, 6.07) is 17.1. The Hall–Kier alpha value is -3.08. The van der Waals surface area contributed by atoms with E-state index in [4.69, 9.17) is 0 Å². The zero-order chi connectivity index (χ0) is 19.0. The second-order valence-corrected chi connectivity index (χ2v) is 7.21. The molecule has 2 aromatic carbocycles. The van der Waals surface area contributed by atoms with Crippen LogP contribution in [0.5, 0.6) is 0 Å². The number of aliphatic carboxylic acids is 1. The maximum absolute atomic E-state index is 13.1. The molecular weight excluding hydrogens is 340 g/mol. The summed E-state index contributed by atoms with van der Waals surface area (Å²) in [7, 11) is 1.96. The van der Waals surface area contributed by atoms with Crippen LogP contribution in [-0.4, -0.2) is 39.5 Å². The SMILES string of the molecule is Cn1ccc2c(C(=O)N3CCC(C(=O)O)(c4ccccc4)CC3)cccc21. The van der Waals surface area contributed by atoms with E-state index in [1.54, 1.807) is 4.90 Å². The van der Waals surface area contributed by atoms with Crippen LogP contribution in [0.1, 0.15) is 28.8 Å². The van der Waals surface area contributed by atoms with Crippen molar-refractivity contribution < 1.29 is 14.7 Å². The number of aromatic nitrogens is 1. The summed E-state index contributed by atoms with van der Waals surface area (Å²) < 4.78 is 1.99. The summed E-state index contributed by atoms with van der Waals surface area (Å²) in [5.74, 6) is -0.843. The lowest BCUT2D eigenvalue weighted by Gasteiger charge is -2.39. The van der Waals surface area contributed by atoms with Crippen LogP contribution < -0.4 is 0 Å². The summed E-state index contributed by atoms with van der Waals surface area (Å²) >= 11 is 0. The molecule has 5 heteroatoms. The molecule has 5 nitrogen and oxygen atoms in total. The second-order valence-electron chi connectivity index (χ2n) is 7.21. The standard InChI is InChI=1S/C22H22N2O3/c1-23-13-10-17-18(8-5-9-19(17)23)20(25)24-14-11-22(12-15-24,21(26)27)16-6-3-2-4-7-16/h2-10,13H,11-12,14-15H2,1H3,(H,26,27). The molecule has 0 saturated carbocycles. The van der Waals surface area contributed by atoms with Gasteiger partial charge in [0.2, 0.25) is 0 Å². The fourth-order valence-electron chi connectivity index (χ4n) is 4.13. The summed E-state index contributed by atoms with van der Waals surface area (Å²) in [6.45, 7) is 0.868. The predicted octanol–water partition coefficient (Wildman–Crippen LogP) is 3.44. The average molecular weight is 362 g/mol. The number of carbonyl (C=O) groups excluding carboxylic acids is 1. The van der Waals surface area contributed by atoms with Gasteiger partial charge in [-0.2, -0.15) is 0 Å². The number of hydrogen-bond donors (Lipinski definition) is 1. The molecule has 0 spiro atoms. The first-order chi connectivity index (χ1) is 13.0. The van der Waals surface area contributed by atoms with E-state index in [-0.39, 0.29) is 5.91 Å². The Labute approximate surface area is 157 Å². The molecule has 1 aliphatic heterocycles. The summed E-state index contributed by atoms with van der Waals surface area (Å²) in [4.78, 5) is 27.0. The van der Waals surface area contributed by atoms with Crippen LogP contribution in [0.2, 0.25) is 0 Å². The molecule has 0 unspecified atom stereocenters. The van der Waals surface area contributed by atoms with Crippen LogP contribution in [0.3, 0.4) is 0 Å². The zero-order valence-electron chi connectivity index (χ0n) is 15.3. The van der Waals surface area contributed by atoms with E-state index in [9.17, 15) is 14.7 Å². The smallest absolute Gasteiger partial charge is 0.314 e. The largest absolute Gasteiger partial charge is 0.481 e. The number of piperidine rings is 1. The second kappa shape index (κ2) is 6.58. The van der Waals surface area contributed by atoms with Crippen molar-refractivity contribution in [1.29, 1.82) is 0 Å². The number of nitrogens with zero attached hydrogens (tertiary/aromatic N) is 2. The van der Waals surface area contributed by atoms with Gasteiger partial charge in [-0.15, -0.1) is 0 Å². The molecule has 1 amide bonds. The average Bonchev–Trinajstić information content (AvgIpc) is 3.09. The molecule has 0 aliphatic carbocycles. The Morgan fingerprint density at radius 2 is 1.67 bits per heavy atom. The first kappa shape index (κ1) is 17.3. The monoisotopic (exact) mass is 362 g/mol. The quantitative estimate of drug-likeness (QED) is 0.776. The van der Waals surface area contributed by atoms with Crippen molar-refractivity contribution in [2.24, 2.45) is 7.05 Å². The van der Waals surface area contributed by atoms with E-state index >= 15 is 0 Å². The predicted molar refractivity (Wildman–Crippen MR) is 104 cm³/mol. The first-order valence-electron chi connectivity index (χ1n) is 9.15. The molecule has 0 atom stereocenters. The van der Waals surface area contributed by atoms with Crippen molar-refractivity contribution in [3.63, 3.8) is 0 Å². The third-order valence-electron chi connectivity index (χ3n) is 5.80. The minimum atomic E-state index is -0.920. The number of likely N-dealkylation sites (tertiary alicyclic amines) is 1. The summed E-state index contributed by atoms with van der Waals surface area (Å²) in [5, 5.41) is 10.9. The summed E-state index contributed by atoms with van der Waals surface area (Å²) in [6.07, 6.45) is 2.79. The van der Waals surface area contributed by atoms with Crippen LogP contribution >= 0.6 is 0 Å². The van der Waals surface area contributed by atoms with Gasteiger partial charge in [-0.3, -0.25) is 9.59 Å². The van der Waals surface area contributed by atoms with Crippen molar-refractivity contribution in [3.05, 3.63) is 71.9 Å². The molecule has 1 N–H and O–H groups in total. The molecule has 1 aliphatic rings. The third-order valence-corrected chi connectivity index (χ3v) is 5.80. The molecule has 0 radical (unpaired) electrons. The number of rotatable bonds is 3. The highest BCUT2D eigenvalue weighted by Gasteiger charge is 2.44. The van der Waals surface area contributed by atoms with E-state index in [1.165, 1.54) is 0 Å². The van der Waals surface area contributed by atoms with Crippen molar-refractivity contribution >= 4 is 22.8 Å². The van der Waals surface area contributed by atoms with E-state index in [0.29, 0.717) is 31.5 Å². The van der Waals surface area contributed by atoms with Crippen LogP contribution in [0.4, 0.5) is 0 Å². The molecule has 1 saturated heterocycles. The van der Waals surface area contributed by atoms with Crippen LogP contribution in [0.15, 0.2) is 60.8 Å². The van der Waals surface area contributed by atoms with E-state index < -0.39 is 11.4 Å². The molecule has 4 rings (SSSR count). The molecule has 27 heavy (non-hydrogen) atoms. The van der Waals surface area contributed by atoms with Gasteiger partial charge in [0.25, 0.3) is 5.91 Å². The fraction of sp³-hybridized carbons (Fsp3) is 0.273. The molecule has 1 fully saturated rings. The maximum Gasteiger partial charge on any atom is 0.314 e. The van der Waals surface area contributed by atoms with Crippen LogP contribution in [0, 0.1) is 0 Å². The number of carboxylic acids is 1. The van der Waals surface area contributed by atoms with E-state index in [2.05, 4.69) is 0 Å². The molecule has 1 aromatic heterocycles. The lowest BCUT2D eigenvalue weighted by atomic mass is 9.72. The Morgan fingerprint density at radius 1 is 0.963 bits per heavy atom. The van der Waals surface area contributed by atoms with Gasteiger partial charge in [0.05, 0.1) is 5.41 Å². The van der Waals surface area contributed by atoms with E-state index in [0.717, 1.165) is 16.5 Å². The van der Waals surface area contributed by atoms with Gasteiger partial charge in [-0.25, -0.2) is 0 Å². The van der Waals surface area contributed by atoms with Crippen molar-refractivity contribution in [2.45, 2.75) is 18.3 Å². The Kier molecular flexibility index (Phi) is 4.22. The number of fused-ring (bicyclic) bond motifs is 1. The Morgan fingerprint density at radius 3 is 2.33 bits per heavy atom. The molecule has 0 bridgehead atoms. The molecule has 2 heterocycles. The number of amides is 1. The lowest BCUT2D eigenvalue weighted by molar-refractivity contribution is -0.145. The normalized spacial score (nSPS) is 16.4. The van der Waals surface area contributed by atoms with Crippen LogP contribution in [0.25, 0.3) is 10.9 Å². The zero-order valence-corrected chi connectivity index (χ0v) is 15.3. The highest BCUT2D eigenvalue weighted by Crippen LogP contribution is 2.36. The minimum Gasteiger partial charge on any atom is -0.481 e.